The standard InChI is InChI=1S/C19H13F3N4OS/c20-19(21,22)14-8-4-5-12(9-14)11-28-17-24-16-15(13-6-2-1-3-7-13)10-23-26(16)18(27)25-17/h1-10H,11H2,(H,24,25,27). The van der Waals surface area contributed by atoms with Crippen LogP contribution in [0.3, 0.4) is 0 Å². The van der Waals surface area contributed by atoms with E-state index in [2.05, 4.69) is 15.1 Å². The monoisotopic (exact) mass is 402 g/mol. The van der Waals surface area contributed by atoms with Crippen molar-refractivity contribution in [1.82, 2.24) is 19.6 Å². The van der Waals surface area contributed by atoms with Crippen LogP contribution in [0.25, 0.3) is 16.8 Å². The average molecular weight is 402 g/mol. The number of aromatic nitrogens is 4. The molecule has 0 aliphatic heterocycles. The van der Waals surface area contributed by atoms with Gasteiger partial charge in [0.05, 0.1) is 11.8 Å². The summed E-state index contributed by atoms with van der Waals surface area (Å²) in [5.41, 5.74) is 1.28. The molecule has 0 saturated heterocycles. The van der Waals surface area contributed by atoms with Gasteiger partial charge in [-0.15, -0.1) is 0 Å². The highest BCUT2D eigenvalue weighted by atomic mass is 32.2. The molecule has 0 unspecified atom stereocenters. The second-order valence-electron chi connectivity index (χ2n) is 5.99. The maximum Gasteiger partial charge on any atom is 0.416 e. The van der Waals surface area contributed by atoms with E-state index in [-0.39, 0.29) is 5.75 Å². The minimum Gasteiger partial charge on any atom is -0.285 e. The molecule has 2 aromatic carbocycles. The second-order valence-corrected chi connectivity index (χ2v) is 6.96. The first-order chi connectivity index (χ1) is 13.4. The van der Waals surface area contributed by atoms with Gasteiger partial charge in [0.15, 0.2) is 10.8 Å². The van der Waals surface area contributed by atoms with Crippen molar-refractivity contribution in [3.05, 3.63) is 82.4 Å². The number of alkyl halides is 3. The van der Waals surface area contributed by atoms with Crippen LogP contribution < -0.4 is 5.69 Å². The lowest BCUT2D eigenvalue weighted by Gasteiger charge is -2.08. The highest BCUT2D eigenvalue weighted by molar-refractivity contribution is 7.98. The van der Waals surface area contributed by atoms with Gasteiger partial charge in [0.1, 0.15) is 0 Å². The van der Waals surface area contributed by atoms with Gasteiger partial charge >= 0.3 is 11.9 Å². The number of aromatic amines is 1. The molecular formula is C19H13F3N4OS. The van der Waals surface area contributed by atoms with Crippen molar-refractivity contribution in [3.63, 3.8) is 0 Å². The first-order valence-electron chi connectivity index (χ1n) is 8.24. The number of nitrogens with zero attached hydrogens (tertiary/aromatic N) is 3. The summed E-state index contributed by atoms with van der Waals surface area (Å²) >= 11 is 1.15. The van der Waals surface area contributed by atoms with Crippen molar-refractivity contribution in [1.29, 1.82) is 0 Å². The van der Waals surface area contributed by atoms with E-state index in [9.17, 15) is 18.0 Å². The number of hydrogen-bond acceptors (Lipinski definition) is 4. The molecule has 0 bridgehead atoms. The number of rotatable bonds is 4. The number of benzene rings is 2. The third-order valence-electron chi connectivity index (χ3n) is 4.07. The summed E-state index contributed by atoms with van der Waals surface area (Å²) < 4.78 is 39.7. The van der Waals surface area contributed by atoms with Crippen LogP contribution >= 0.6 is 11.8 Å². The molecule has 0 aliphatic carbocycles. The molecule has 9 heteroatoms. The van der Waals surface area contributed by atoms with Crippen LogP contribution in [0.15, 0.2) is 70.7 Å². The summed E-state index contributed by atoms with van der Waals surface area (Å²) in [4.78, 5) is 19.3. The van der Waals surface area contributed by atoms with Crippen LogP contribution in [0.5, 0.6) is 0 Å². The van der Waals surface area contributed by atoms with Crippen molar-refractivity contribution in [2.45, 2.75) is 17.1 Å². The van der Waals surface area contributed by atoms with Crippen LogP contribution in [0.4, 0.5) is 13.2 Å². The van der Waals surface area contributed by atoms with E-state index in [1.165, 1.54) is 6.07 Å². The molecule has 28 heavy (non-hydrogen) atoms. The minimum atomic E-state index is -4.39. The van der Waals surface area contributed by atoms with Crippen molar-refractivity contribution in [2.24, 2.45) is 0 Å². The fourth-order valence-corrected chi connectivity index (χ4v) is 3.54. The van der Waals surface area contributed by atoms with Crippen molar-refractivity contribution in [3.8, 4) is 11.1 Å². The lowest BCUT2D eigenvalue weighted by molar-refractivity contribution is -0.137. The zero-order valence-electron chi connectivity index (χ0n) is 14.3. The topological polar surface area (TPSA) is 63.0 Å². The molecule has 0 amide bonds. The van der Waals surface area contributed by atoms with Crippen LogP contribution in [0.1, 0.15) is 11.1 Å². The van der Waals surface area contributed by atoms with Gasteiger partial charge in [-0.05, 0) is 17.2 Å². The Morgan fingerprint density at radius 1 is 1.07 bits per heavy atom. The van der Waals surface area contributed by atoms with E-state index in [1.54, 1.807) is 12.3 Å². The molecule has 0 radical (unpaired) electrons. The molecule has 2 aromatic heterocycles. The molecule has 2 heterocycles. The summed E-state index contributed by atoms with van der Waals surface area (Å²) in [6.07, 6.45) is -2.83. The number of thioether (sulfide) groups is 1. The van der Waals surface area contributed by atoms with E-state index in [0.717, 1.165) is 34.0 Å². The van der Waals surface area contributed by atoms with E-state index < -0.39 is 17.4 Å². The average Bonchev–Trinajstić information content (AvgIpc) is 3.11. The summed E-state index contributed by atoms with van der Waals surface area (Å²) in [6.45, 7) is 0. The van der Waals surface area contributed by atoms with Crippen LogP contribution in [0, 0.1) is 0 Å². The van der Waals surface area contributed by atoms with Crippen LogP contribution in [-0.2, 0) is 11.9 Å². The Morgan fingerprint density at radius 2 is 1.86 bits per heavy atom. The van der Waals surface area contributed by atoms with Crippen molar-refractivity contribution >= 4 is 17.4 Å². The molecule has 0 spiro atoms. The molecule has 0 fully saturated rings. The first-order valence-corrected chi connectivity index (χ1v) is 9.23. The van der Waals surface area contributed by atoms with E-state index in [0.29, 0.717) is 21.9 Å². The molecule has 142 valence electrons. The summed E-state index contributed by atoms with van der Waals surface area (Å²) in [6, 6.07) is 14.5. The smallest absolute Gasteiger partial charge is 0.285 e. The number of halogens is 3. The van der Waals surface area contributed by atoms with Crippen molar-refractivity contribution in [2.75, 3.05) is 0 Å². The highest BCUT2D eigenvalue weighted by Crippen LogP contribution is 2.31. The number of H-pyrrole nitrogens is 1. The van der Waals surface area contributed by atoms with Gasteiger partial charge in [0.2, 0.25) is 0 Å². The molecule has 4 aromatic rings. The Balaban J connectivity index is 1.64. The number of fused-ring (bicyclic) bond motifs is 1. The molecule has 0 aliphatic rings. The summed E-state index contributed by atoms with van der Waals surface area (Å²) in [5, 5.41) is 4.38. The molecular weight excluding hydrogens is 389 g/mol. The van der Waals surface area contributed by atoms with Gasteiger partial charge in [0.25, 0.3) is 0 Å². The lowest BCUT2D eigenvalue weighted by Crippen LogP contribution is -2.19. The fraction of sp³-hybridized carbons (Fsp3) is 0.105. The Hall–Kier alpha value is -3.07. The molecule has 0 atom stereocenters. The Bertz CT molecular complexity index is 1190. The zero-order valence-corrected chi connectivity index (χ0v) is 15.1. The van der Waals surface area contributed by atoms with Gasteiger partial charge in [-0.1, -0.05) is 60.3 Å². The SMILES string of the molecule is O=c1[nH]c(SCc2cccc(C(F)(F)F)c2)nc2c(-c3ccccc3)cnn12. The summed E-state index contributed by atoms with van der Waals surface area (Å²) in [7, 11) is 0. The van der Waals surface area contributed by atoms with E-state index in [4.69, 9.17) is 0 Å². The first kappa shape index (κ1) is 18.3. The maximum atomic E-state index is 12.9. The van der Waals surface area contributed by atoms with Crippen LogP contribution in [0.2, 0.25) is 0 Å². The third kappa shape index (κ3) is 3.65. The second kappa shape index (κ2) is 7.16. The van der Waals surface area contributed by atoms with Gasteiger partial charge in [0, 0.05) is 11.3 Å². The largest absolute Gasteiger partial charge is 0.416 e. The Morgan fingerprint density at radius 3 is 2.61 bits per heavy atom. The molecule has 4 rings (SSSR count). The fourth-order valence-electron chi connectivity index (χ4n) is 2.75. The van der Waals surface area contributed by atoms with Crippen LogP contribution in [-0.4, -0.2) is 19.6 Å². The molecule has 1 N–H and O–H groups in total. The number of nitrogens with one attached hydrogen (secondary N) is 1. The number of hydrogen-bond donors (Lipinski definition) is 1. The Kier molecular flexibility index (Phi) is 4.68. The highest BCUT2D eigenvalue weighted by Gasteiger charge is 2.30. The van der Waals surface area contributed by atoms with Gasteiger partial charge in [-0.25, -0.2) is 9.78 Å². The van der Waals surface area contributed by atoms with Crippen molar-refractivity contribution < 1.29 is 13.2 Å². The molecule has 5 nitrogen and oxygen atoms in total. The Labute approximate surface area is 161 Å². The minimum absolute atomic E-state index is 0.234. The van der Waals surface area contributed by atoms with Gasteiger partial charge < -0.3 is 0 Å². The van der Waals surface area contributed by atoms with E-state index >= 15 is 0 Å². The predicted octanol–water partition coefficient (Wildman–Crippen LogP) is 4.40. The summed E-state index contributed by atoms with van der Waals surface area (Å²) in [5.74, 6) is 0.234. The van der Waals surface area contributed by atoms with E-state index in [1.807, 2.05) is 30.3 Å². The quantitative estimate of drug-likeness (QED) is 0.514. The zero-order chi connectivity index (χ0) is 19.7. The lowest BCUT2D eigenvalue weighted by atomic mass is 10.1. The van der Waals surface area contributed by atoms with Gasteiger partial charge in [-0.3, -0.25) is 4.98 Å². The van der Waals surface area contributed by atoms with Gasteiger partial charge in [-0.2, -0.15) is 22.8 Å². The maximum absolute atomic E-state index is 12.9. The normalized spacial score (nSPS) is 11.8. The molecule has 0 saturated carbocycles. The third-order valence-corrected chi connectivity index (χ3v) is 5.02. The predicted molar refractivity (Wildman–Crippen MR) is 100 cm³/mol.